The first-order valence-electron chi connectivity index (χ1n) is 10.5. The molecule has 1 unspecified atom stereocenters. The Morgan fingerprint density at radius 2 is 2.03 bits per heavy atom. The molecular formula is C26H23NO5. The lowest BCUT2D eigenvalue weighted by Crippen LogP contribution is -2.04. The maximum Gasteiger partial charge on any atom is 0.256 e. The molecule has 5 rings (SSSR count). The summed E-state index contributed by atoms with van der Waals surface area (Å²) >= 11 is 0. The van der Waals surface area contributed by atoms with Crippen molar-refractivity contribution in [2.24, 2.45) is 0 Å². The number of fused-ring (bicyclic) bond motifs is 1. The molecule has 3 aromatic rings. The fourth-order valence-corrected chi connectivity index (χ4v) is 3.70. The smallest absolute Gasteiger partial charge is 0.256 e. The van der Waals surface area contributed by atoms with Crippen LogP contribution in [0.1, 0.15) is 30.1 Å². The van der Waals surface area contributed by atoms with E-state index in [4.69, 9.17) is 23.5 Å². The molecule has 2 aromatic carbocycles. The van der Waals surface area contributed by atoms with Gasteiger partial charge >= 0.3 is 0 Å². The van der Waals surface area contributed by atoms with Crippen LogP contribution in [0.15, 0.2) is 83.1 Å². The molecule has 6 nitrogen and oxygen atoms in total. The third-order valence-corrected chi connectivity index (χ3v) is 5.28. The number of ether oxygens (including phenoxy) is 4. The van der Waals surface area contributed by atoms with Crippen molar-refractivity contribution in [3.8, 4) is 28.7 Å². The minimum Gasteiger partial charge on any atom is -0.482 e. The zero-order valence-electron chi connectivity index (χ0n) is 17.7. The number of rotatable bonds is 8. The Hall–Kier alpha value is -3.77. The van der Waals surface area contributed by atoms with Gasteiger partial charge in [-0.05, 0) is 54.1 Å². The van der Waals surface area contributed by atoms with E-state index in [-0.39, 0.29) is 12.9 Å². The van der Waals surface area contributed by atoms with Crippen molar-refractivity contribution in [3.63, 3.8) is 0 Å². The van der Waals surface area contributed by atoms with Gasteiger partial charge in [0.2, 0.25) is 0 Å². The summed E-state index contributed by atoms with van der Waals surface area (Å²) in [4.78, 5) is 0. The van der Waals surface area contributed by atoms with Crippen LogP contribution in [-0.4, -0.2) is 19.1 Å². The molecule has 32 heavy (non-hydrogen) atoms. The molecule has 0 bridgehead atoms. The zero-order valence-corrected chi connectivity index (χ0v) is 17.7. The Morgan fingerprint density at radius 1 is 1.12 bits per heavy atom. The first-order chi connectivity index (χ1) is 15.8. The highest BCUT2D eigenvalue weighted by molar-refractivity contribution is 5.68. The van der Waals surface area contributed by atoms with Crippen LogP contribution in [0.3, 0.4) is 0 Å². The third kappa shape index (κ3) is 4.31. The minimum absolute atomic E-state index is 0.122. The van der Waals surface area contributed by atoms with Gasteiger partial charge in [0.1, 0.15) is 23.4 Å². The summed E-state index contributed by atoms with van der Waals surface area (Å²) in [6, 6.07) is 15.5. The van der Waals surface area contributed by atoms with Crippen molar-refractivity contribution >= 4 is 6.08 Å². The van der Waals surface area contributed by atoms with E-state index in [9.17, 15) is 0 Å². The SMILES string of the molecule is COCOc1cc(-c2ccc(OC3C=Cc4c(OC5=CC=CCC5)cccc43)cc2)on1. The van der Waals surface area contributed by atoms with Crippen molar-refractivity contribution in [2.75, 3.05) is 13.9 Å². The molecule has 0 aliphatic heterocycles. The highest BCUT2D eigenvalue weighted by Gasteiger charge is 2.22. The van der Waals surface area contributed by atoms with Gasteiger partial charge in [-0.2, -0.15) is 0 Å². The minimum atomic E-state index is -0.168. The van der Waals surface area contributed by atoms with E-state index in [1.54, 1.807) is 13.2 Å². The molecule has 6 heteroatoms. The maximum atomic E-state index is 6.24. The molecule has 2 aliphatic carbocycles. The maximum absolute atomic E-state index is 6.24. The van der Waals surface area contributed by atoms with Crippen molar-refractivity contribution in [1.29, 1.82) is 0 Å². The standard InChI is InChI=1S/C26H23NO5/c1-28-17-29-26-16-25(32-27-26)18-10-12-20(13-11-18)31-24-15-14-22-21(24)8-5-9-23(22)30-19-6-3-2-4-7-19/h2-3,5-6,8-16,24H,4,7,17H2,1H3. The molecule has 0 amide bonds. The Balaban J connectivity index is 1.28. The summed E-state index contributed by atoms with van der Waals surface area (Å²) < 4.78 is 27.9. The predicted octanol–water partition coefficient (Wildman–Crippen LogP) is 6.08. The van der Waals surface area contributed by atoms with Crippen LogP contribution in [0.5, 0.6) is 17.4 Å². The van der Waals surface area contributed by atoms with Crippen molar-refractivity contribution in [1.82, 2.24) is 5.16 Å². The number of nitrogens with zero attached hydrogens (tertiary/aromatic N) is 1. The van der Waals surface area contributed by atoms with Crippen molar-refractivity contribution < 1.29 is 23.5 Å². The van der Waals surface area contributed by atoms with Gasteiger partial charge in [0.25, 0.3) is 5.88 Å². The fraction of sp³-hybridized carbons (Fsp3) is 0.192. The average molecular weight is 429 g/mol. The lowest BCUT2D eigenvalue weighted by atomic mass is 10.1. The van der Waals surface area contributed by atoms with Crippen molar-refractivity contribution in [2.45, 2.75) is 18.9 Å². The molecule has 162 valence electrons. The summed E-state index contributed by atoms with van der Waals surface area (Å²) in [5, 5.41) is 3.87. The quantitative estimate of drug-likeness (QED) is 0.404. The van der Waals surface area contributed by atoms with Crippen LogP contribution in [0.4, 0.5) is 0 Å². The second kappa shape index (κ2) is 9.16. The molecule has 0 N–H and O–H groups in total. The third-order valence-electron chi connectivity index (χ3n) is 5.28. The van der Waals surface area contributed by atoms with Gasteiger partial charge in [-0.1, -0.05) is 30.4 Å². The number of methoxy groups -OCH3 is 1. The highest BCUT2D eigenvalue weighted by Crippen LogP contribution is 2.38. The van der Waals surface area contributed by atoms with Crippen molar-refractivity contribution in [3.05, 3.63) is 89.7 Å². The Bertz CT molecular complexity index is 1170. The summed E-state index contributed by atoms with van der Waals surface area (Å²) in [6.07, 6.45) is 12.1. The van der Waals surface area contributed by atoms with Gasteiger partial charge in [0, 0.05) is 36.3 Å². The van der Waals surface area contributed by atoms with Crippen LogP contribution >= 0.6 is 0 Å². The first-order valence-corrected chi connectivity index (χ1v) is 10.5. The summed E-state index contributed by atoms with van der Waals surface area (Å²) in [7, 11) is 1.55. The molecule has 0 saturated carbocycles. The van der Waals surface area contributed by atoms with E-state index in [0.29, 0.717) is 11.6 Å². The second-order valence-electron chi connectivity index (χ2n) is 7.46. The molecule has 0 fully saturated rings. The topological polar surface area (TPSA) is 63.0 Å². The molecular weight excluding hydrogens is 406 g/mol. The monoisotopic (exact) mass is 429 g/mol. The van der Waals surface area contributed by atoms with Crippen LogP contribution in [0.2, 0.25) is 0 Å². The van der Waals surface area contributed by atoms with Crippen LogP contribution < -0.4 is 14.2 Å². The summed E-state index contributed by atoms with van der Waals surface area (Å²) in [6.45, 7) is 0.122. The van der Waals surface area contributed by atoms with E-state index in [1.807, 2.05) is 48.6 Å². The Labute approximate surface area is 186 Å². The van der Waals surface area contributed by atoms with Crippen LogP contribution in [0.25, 0.3) is 17.4 Å². The molecule has 0 saturated heterocycles. The lowest BCUT2D eigenvalue weighted by molar-refractivity contribution is 0.0453. The van der Waals surface area contributed by atoms with E-state index < -0.39 is 0 Å². The molecule has 1 heterocycles. The molecule has 0 spiro atoms. The van der Waals surface area contributed by atoms with E-state index >= 15 is 0 Å². The lowest BCUT2D eigenvalue weighted by Gasteiger charge is -2.17. The normalized spacial score (nSPS) is 16.5. The first kappa shape index (κ1) is 20.2. The van der Waals surface area contributed by atoms with Crippen LogP contribution in [0, 0.1) is 0 Å². The van der Waals surface area contributed by atoms with Gasteiger partial charge < -0.3 is 23.5 Å². The van der Waals surface area contributed by atoms with Gasteiger partial charge in [0.05, 0.1) is 0 Å². The average Bonchev–Trinajstić information content (AvgIpc) is 3.47. The highest BCUT2D eigenvalue weighted by atomic mass is 16.7. The fourth-order valence-electron chi connectivity index (χ4n) is 3.70. The Morgan fingerprint density at radius 3 is 2.84 bits per heavy atom. The largest absolute Gasteiger partial charge is 0.482 e. The molecule has 1 aromatic heterocycles. The number of benzene rings is 2. The molecule has 2 aliphatic rings. The number of hydrogen-bond donors (Lipinski definition) is 0. The van der Waals surface area contributed by atoms with Gasteiger partial charge in [-0.3, -0.25) is 0 Å². The number of allylic oxidation sites excluding steroid dienone is 4. The zero-order chi connectivity index (χ0) is 21.8. The van der Waals surface area contributed by atoms with Gasteiger partial charge in [-0.15, -0.1) is 0 Å². The second-order valence-corrected chi connectivity index (χ2v) is 7.46. The molecule has 0 radical (unpaired) electrons. The Kier molecular flexibility index (Phi) is 5.77. The summed E-state index contributed by atoms with van der Waals surface area (Å²) in [5.41, 5.74) is 3.04. The van der Waals surface area contributed by atoms with Gasteiger partial charge in [-0.25, -0.2) is 0 Å². The van der Waals surface area contributed by atoms with Gasteiger partial charge in [0.15, 0.2) is 12.6 Å². The van der Waals surface area contributed by atoms with E-state index in [0.717, 1.165) is 46.8 Å². The van der Waals surface area contributed by atoms with E-state index in [1.165, 1.54) is 0 Å². The number of hydrogen-bond acceptors (Lipinski definition) is 6. The molecule has 1 atom stereocenters. The van der Waals surface area contributed by atoms with Crippen LogP contribution in [-0.2, 0) is 4.74 Å². The summed E-state index contributed by atoms with van der Waals surface area (Å²) in [5.74, 6) is 3.60. The predicted molar refractivity (Wildman–Crippen MR) is 120 cm³/mol. The number of aromatic nitrogens is 1. The van der Waals surface area contributed by atoms with E-state index in [2.05, 4.69) is 29.5 Å².